The van der Waals surface area contributed by atoms with Crippen molar-refractivity contribution >= 4 is 15.9 Å². The van der Waals surface area contributed by atoms with Crippen LogP contribution in [0.2, 0.25) is 0 Å². The van der Waals surface area contributed by atoms with Gasteiger partial charge in [0.1, 0.15) is 5.82 Å². The maximum atomic E-state index is 12.1. The molecule has 0 aromatic carbocycles. The highest BCUT2D eigenvalue weighted by atomic mass is 32.2. The molecule has 0 unspecified atom stereocenters. The highest BCUT2D eigenvalue weighted by molar-refractivity contribution is 7.89. The molecular weight excluding hydrogens is 308 g/mol. The zero-order valence-corrected chi connectivity index (χ0v) is 13.9. The molecule has 1 fully saturated rings. The van der Waals surface area contributed by atoms with Gasteiger partial charge in [-0.15, -0.1) is 0 Å². The standard InChI is InChI=1S/C13H22N4O4S/c1-10-9-21-7-6-17(10)13(18)4-5-14-22(19,20)12-8-16(3)11(2)15-12/h8,10,14H,4-7,9H2,1-3H3/t10-/m0/s1. The largest absolute Gasteiger partial charge is 0.377 e. The van der Waals surface area contributed by atoms with Gasteiger partial charge in [-0.25, -0.2) is 18.1 Å². The van der Waals surface area contributed by atoms with E-state index >= 15 is 0 Å². The van der Waals surface area contributed by atoms with Crippen LogP contribution in [0, 0.1) is 6.92 Å². The van der Waals surface area contributed by atoms with Crippen molar-refractivity contribution in [3.63, 3.8) is 0 Å². The second-order valence-electron chi connectivity index (χ2n) is 5.40. The van der Waals surface area contributed by atoms with Crippen LogP contribution in [0.5, 0.6) is 0 Å². The average molecular weight is 330 g/mol. The maximum Gasteiger partial charge on any atom is 0.259 e. The molecular formula is C13H22N4O4S. The van der Waals surface area contributed by atoms with E-state index in [1.54, 1.807) is 23.4 Å². The Morgan fingerprint density at radius 3 is 2.86 bits per heavy atom. The van der Waals surface area contributed by atoms with Crippen molar-refractivity contribution in [1.82, 2.24) is 19.2 Å². The van der Waals surface area contributed by atoms with Gasteiger partial charge < -0.3 is 14.2 Å². The predicted molar refractivity (Wildman–Crippen MR) is 79.7 cm³/mol. The Labute approximate surface area is 130 Å². The molecule has 0 aliphatic carbocycles. The van der Waals surface area contributed by atoms with Gasteiger partial charge >= 0.3 is 0 Å². The van der Waals surface area contributed by atoms with Crippen molar-refractivity contribution in [2.45, 2.75) is 31.3 Å². The molecule has 1 aromatic heterocycles. The van der Waals surface area contributed by atoms with Crippen molar-refractivity contribution in [3.05, 3.63) is 12.0 Å². The summed E-state index contributed by atoms with van der Waals surface area (Å²) in [6.07, 6.45) is 1.57. The summed E-state index contributed by atoms with van der Waals surface area (Å²) in [6, 6.07) is 0.0243. The first-order chi connectivity index (χ1) is 10.3. The third kappa shape index (κ3) is 3.84. The van der Waals surface area contributed by atoms with Crippen LogP contribution in [0.25, 0.3) is 0 Å². The lowest BCUT2D eigenvalue weighted by molar-refractivity contribution is -0.138. The van der Waals surface area contributed by atoms with Crippen LogP contribution in [0.3, 0.4) is 0 Å². The molecule has 2 heterocycles. The minimum atomic E-state index is -3.68. The van der Waals surface area contributed by atoms with Crippen LogP contribution in [0.1, 0.15) is 19.2 Å². The highest BCUT2D eigenvalue weighted by Crippen LogP contribution is 2.09. The lowest BCUT2D eigenvalue weighted by atomic mass is 10.2. The third-order valence-electron chi connectivity index (χ3n) is 3.68. The molecule has 8 nitrogen and oxygen atoms in total. The molecule has 124 valence electrons. The van der Waals surface area contributed by atoms with Crippen LogP contribution < -0.4 is 4.72 Å². The van der Waals surface area contributed by atoms with E-state index in [-0.39, 0.29) is 29.9 Å². The van der Waals surface area contributed by atoms with Crippen LogP contribution in [-0.2, 0) is 26.6 Å². The fraction of sp³-hybridized carbons (Fsp3) is 0.692. The summed E-state index contributed by atoms with van der Waals surface area (Å²) in [5.74, 6) is 0.536. The number of morpholine rings is 1. The first kappa shape index (κ1) is 16.9. The molecule has 9 heteroatoms. The zero-order chi connectivity index (χ0) is 16.3. The molecule has 0 spiro atoms. The summed E-state index contributed by atoms with van der Waals surface area (Å²) in [7, 11) is -1.95. The van der Waals surface area contributed by atoms with E-state index in [0.717, 1.165) is 0 Å². The maximum absolute atomic E-state index is 12.1. The number of imidazole rings is 1. The quantitative estimate of drug-likeness (QED) is 0.796. The average Bonchev–Trinajstić information content (AvgIpc) is 2.80. The van der Waals surface area contributed by atoms with Gasteiger partial charge in [0.15, 0.2) is 5.03 Å². The Bertz CT molecular complexity index is 621. The molecule has 1 amide bonds. The number of nitrogens with one attached hydrogen (secondary N) is 1. The molecule has 0 bridgehead atoms. The van der Waals surface area contributed by atoms with Crippen molar-refractivity contribution in [3.8, 4) is 0 Å². The minimum Gasteiger partial charge on any atom is -0.377 e. The molecule has 1 saturated heterocycles. The number of hydrogen-bond acceptors (Lipinski definition) is 5. The van der Waals surface area contributed by atoms with Gasteiger partial charge in [0.2, 0.25) is 5.91 Å². The number of ether oxygens (including phenoxy) is 1. The summed E-state index contributed by atoms with van der Waals surface area (Å²) in [6.45, 7) is 5.28. The lowest BCUT2D eigenvalue weighted by Gasteiger charge is -2.33. The van der Waals surface area contributed by atoms with Gasteiger partial charge in [-0.2, -0.15) is 0 Å². The Balaban J connectivity index is 1.88. The van der Waals surface area contributed by atoms with Gasteiger partial charge in [0.25, 0.3) is 10.0 Å². The predicted octanol–water partition coefficient (Wildman–Crippen LogP) is -0.356. The fourth-order valence-electron chi connectivity index (χ4n) is 2.26. The monoisotopic (exact) mass is 330 g/mol. The Morgan fingerprint density at radius 1 is 1.55 bits per heavy atom. The second kappa shape index (κ2) is 6.76. The number of carbonyl (C=O) groups excluding carboxylic acids is 1. The SMILES string of the molecule is Cc1nc(S(=O)(=O)NCCC(=O)N2CCOC[C@@H]2C)cn1C. The Hall–Kier alpha value is -1.45. The van der Waals surface area contributed by atoms with Crippen LogP contribution in [-0.4, -0.2) is 61.1 Å². The second-order valence-corrected chi connectivity index (χ2v) is 7.11. The summed E-state index contributed by atoms with van der Waals surface area (Å²) in [4.78, 5) is 17.8. The number of carbonyl (C=O) groups is 1. The van der Waals surface area contributed by atoms with Gasteiger partial charge in [-0.05, 0) is 13.8 Å². The molecule has 1 aromatic rings. The molecule has 1 atom stereocenters. The molecule has 0 saturated carbocycles. The highest BCUT2D eigenvalue weighted by Gasteiger charge is 2.24. The molecule has 1 aliphatic heterocycles. The fourth-order valence-corrected chi connectivity index (χ4v) is 3.33. The van der Waals surface area contributed by atoms with Crippen LogP contribution >= 0.6 is 0 Å². The topological polar surface area (TPSA) is 93.5 Å². The summed E-state index contributed by atoms with van der Waals surface area (Å²) in [5.41, 5.74) is 0. The van der Waals surface area contributed by atoms with Crippen LogP contribution in [0.4, 0.5) is 0 Å². The number of sulfonamides is 1. The molecule has 1 aliphatic rings. The number of nitrogens with zero attached hydrogens (tertiary/aromatic N) is 3. The molecule has 2 rings (SSSR count). The first-order valence-corrected chi connectivity index (χ1v) is 8.66. The zero-order valence-electron chi connectivity index (χ0n) is 13.1. The van der Waals surface area contributed by atoms with E-state index in [2.05, 4.69) is 9.71 Å². The van der Waals surface area contributed by atoms with E-state index in [1.165, 1.54) is 6.20 Å². The van der Waals surface area contributed by atoms with E-state index in [4.69, 9.17) is 4.74 Å². The number of hydrogen-bond donors (Lipinski definition) is 1. The van der Waals surface area contributed by atoms with Crippen molar-refractivity contribution < 1.29 is 17.9 Å². The number of rotatable bonds is 5. The summed E-state index contributed by atoms with van der Waals surface area (Å²) >= 11 is 0. The smallest absolute Gasteiger partial charge is 0.259 e. The van der Waals surface area contributed by atoms with Crippen molar-refractivity contribution in [2.75, 3.05) is 26.3 Å². The summed E-state index contributed by atoms with van der Waals surface area (Å²) < 4.78 is 33.5. The van der Waals surface area contributed by atoms with E-state index in [0.29, 0.717) is 25.6 Å². The van der Waals surface area contributed by atoms with Gasteiger partial charge in [-0.3, -0.25) is 4.79 Å². The summed E-state index contributed by atoms with van der Waals surface area (Å²) in [5, 5.41) is -0.0281. The molecule has 1 N–H and O–H groups in total. The van der Waals surface area contributed by atoms with Gasteiger partial charge in [0.05, 0.1) is 19.3 Å². The van der Waals surface area contributed by atoms with Gasteiger partial charge in [-0.1, -0.05) is 0 Å². The van der Waals surface area contributed by atoms with E-state index < -0.39 is 10.0 Å². The molecule has 22 heavy (non-hydrogen) atoms. The van der Waals surface area contributed by atoms with E-state index in [9.17, 15) is 13.2 Å². The lowest BCUT2D eigenvalue weighted by Crippen LogP contribution is -2.47. The Kier molecular flexibility index (Phi) is 5.20. The third-order valence-corrected chi connectivity index (χ3v) is 5.01. The number of amides is 1. The normalized spacial score (nSPS) is 19.4. The number of aromatic nitrogens is 2. The molecule has 0 radical (unpaired) electrons. The van der Waals surface area contributed by atoms with Crippen molar-refractivity contribution in [1.29, 1.82) is 0 Å². The Morgan fingerprint density at radius 2 is 2.27 bits per heavy atom. The van der Waals surface area contributed by atoms with Crippen LogP contribution in [0.15, 0.2) is 11.2 Å². The minimum absolute atomic E-state index is 0.0243. The van der Waals surface area contributed by atoms with Gasteiger partial charge in [0, 0.05) is 32.8 Å². The first-order valence-electron chi connectivity index (χ1n) is 7.18. The van der Waals surface area contributed by atoms with Crippen molar-refractivity contribution in [2.24, 2.45) is 7.05 Å². The number of aryl methyl sites for hydroxylation is 2. The van der Waals surface area contributed by atoms with E-state index in [1.807, 2.05) is 6.92 Å².